The molecule has 3 aromatic heterocycles. The Hall–Kier alpha value is -4.66. The minimum Gasteiger partial charge on any atom is -0.497 e. The summed E-state index contributed by atoms with van der Waals surface area (Å²) in [5.74, 6) is 0.568. The van der Waals surface area contributed by atoms with Crippen LogP contribution in [0.1, 0.15) is 29.8 Å². The van der Waals surface area contributed by atoms with Crippen LogP contribution >= 0.6 is 0 Å². The second kappa shape index (κ2) is 9.77. The lowest BCUT2D eigenvalue weighted by Crippen LogP contribution is -2.22. The van der Waals surface area contributed by atoms with Crippen LogP contribution < -0.4 is 15.4 Å². The van der Waals surface area contributed by atoms with E-state index in [1.807, 2.05) is 86.3 Å². The van der Waals surface area contributed by atoms with E-state index in [4.69, 9.17) is 4.74 Å². The van der Waals surface area contributed by atoms with E-state index in [1.165, 1.54) is 0 Å². The summed E-state index contributed by atoms with van der Waals surface area (Å²) in [5, 5.41) is 10.9. The van der Waals surface area contributed by atoms with Gasteiger partial charge in [0.15, 0.2) is 5.65 Å². The van der Waals surface area contributed by atoms with Crippen LogP contribution in [-0.4, -0.2) is 38.1 Å². The van der Waals surface area contributed by atoms with Crippen molar-refractivity contribution in [1.29, 1.82) is 0 Å². The van der Waals surface area contributed by atoms with Crippen molar-refractivity contribution in [3.8, 4) is 16.9 Å². The Morgan fingerprint density at radius 3 is 2.65 bits per heavy atom. The fraction of sp³-hybridized carbons (Fsp3) is 0.214. The molecule has 2 amide bonds. The molecule has 5 rings (SSSR count). The van der Waals surface area contributed by atoms with Crippen molar-refractivity contribution in [3.05, 3.63) is 78.1 Å². The lowest BCUT2D eigenvalue weighted by molar-refractivity contribution is -0.118. The number of methoxy groups -OCH3 is 1. The highest BCUT2D eigenvalue weighted by atomic mass is 16.5. The maximum atomic E-state index is 13.1. The second-order valence-electron chi connectivity index (χ2n) is 9.22. The third kappa shape index (κ3) is 4.88. The van der Waals surface area contributed by atoms with Crippen molar-refractivity contribution >= 4 is 34.3 Å². The van der Waals surface area contributed by atoms with Gasteiger partial charge in [-0.05, 0) is 53.1 Å². The number of anilines is 1. The Balaban J connectivity index is 1.42. The summed E-state index contributed by atoms with van der Waals surface area (Å²) < 4.78 is 8.84. The minimum absolute atomic E-state index is 0.136. The quantitative estimate of drug-likeness (QED) is 0.347. The standard InChI is InChI=1S/C28H28N6O3/c1-17(2)26(35)31-28-30-25-14-20(10-11-34(25)32-28)19-8-9-24-22(13-19)23(16-33(24)3)27(36)29-15-18-6-5-7-21(12-18)37-4/h5-14,16-17H,15H2,1-4H3,(H,29,36)(H,31,32,35). The normalized spacial score (nSPS) is 11.3. The third-order valence-corrected chi connectivity index (χ3v) is 6.25. The number of rotatable bonds is 7. The monoisotopic (exact) mass is 496 g/mol. The Bertz CT molecular complexity index is 1630. The minimum atomic E-state index is -0.165. The number of amides is 2. The van der Waals surface area contributed by atoms with Crippen molar-refractivity contribution in [2.75, 3.05) is 12.4 Å². The Labute approximate surface area is 214 Å². The molecule has 0 saturated carbocycles. The summed E-state index contributed by atoms with van der Waals surface area (Å²) >= 11 is 0. The first-order valence-corrected chi connectivity index (χ1v) is 12.0. The molecule has 2 aromatic carbocycles. The maximum absolute atomic E-state index is 13.1. The number of benzene rings is 2. The van der Waals surface area contributed by atoms with Gasteiger partial charge in [0.05, 0.1) is 12.7 Å². The van der Waals surface area contributed by atoms with Gasteiger partial charge >= 0.3 is 0 Å². The van der Waals surface area contributed by atoms with Crippen LogP contribution in [0.5, 0.6) is 5.75 Å². The SMILES string of the molecule is COc1cccc(CNC(=O)c2cn(C)c3ccc(-c4ccn5nc(NC(=O)C(C)C)nc5c4)cc23)c1. The largest absolute Gasteiger partial charge is 0.497 e. The summed E-state index contributed by atoms with van der Waals surface area (Å²) in [6.07, 6.45) is 3.65. The summed E-state index contributed by atoms with van der Waals surface area (Å²) in [4.78, 5) is 29.6. The number of hydrogen-bond donors (Lipinski definition) is 2. The number of nitrogens with zero attached hydrogens (tertiary/aromatic N) is 4. The number of fused-ring (bicyclic) bond motifs is 2. The van der Waals surface area contributed by atoms with Crippen molar-refractivity contribution in [3.63, 3.8) is 0 Å². The number of aromatic nitrogens is 4. The molecule has 9 nitrogen and oxygen atoms in total. The average Bonchev–Trinajstić information content (AvgIpc) is 3.46. The van der Waals surface area contributed by atoms with E-state index in [1.54, 1.807) is 17.8 Å². The number of carbonyl (C=O) groups excluding carboxylic acids is 2. The van der Waals surface area contributed by atoms with Crippen LogP contribution in [0.25, 0.3) is 27.7 Å². The lowest BCUT2D eigenvalue weighted by Gasteiger charge is -2.07. The van der Waals surface area contributed by atoms with Crippen molar-refractivity contribution in [1.82, 2.24) is 24.5 Å². The fourth-order valence-corrected chi connectivity index (χ4v) is 4.18. The Morgan fingerprint density at radius 1 is 1.05 bits per heavy atom. The molecule has 0 fully saturated rings. The predicted octanol–water partition coefficient (Wildman–Crippen LogP) is 4.42. The summed E-state index contributed by atoms with van der Waals surface area (Å²) in [7, 11) is 3.55. The predicted molar refractivity (Wildman–Crippen MR) is 143 cm³/mol. The van der Waals surface area contributed by atoms with Gasteiger partial charge in [-0.2, -0.15) is 4.98 Å². The number of aryl methyl sites for hydroxylation is 1. The zero-order chi connectivity index (χ0) is 26.1. The fourth-order valence-electron chi connectivity index (χ4n) is 4.18. The van der Waals surface area contributed by atoms with Gasteiger partial charge in [0.2, 0.25) is 11.9 Å². The van der Waals surface area contributed by atoms with Gasteiger partial charge in [0.1, 0.15) is 5.75 Å². The summed E-state index contributed by atoms with van der Waals surface area (Å²) in [6, 6.07) is 17.5. The average molecular weight is 497 g/mol. The second-order valence-corrected chi connectivity index (χ2v) is 9.22. The molecule has 0 unspecified atom stereocenters. The lowest BCUT2D eigenvalue weighted by atomic mass is 10.0. The van der Waals surface area contributed by atoms with Crippen molar-refractivity contribution < 1.29 is 14.3 Å². The molecule has 188 valence electrons. The molecule has 0 aliphatic heterocycles. The topological polar surface area (TPSA) is 103 Å². The van der Waals surface area contributed by atoms with Gasteiger partial charge in [-0.1, -0.05) is 32.0 Å². The van der Waals surface area contributed by atoms with Crippen LogP contribution in [0.2, 0.25) is 0 Å². The van der Waals surface area contributed by atoms with E-state index in [9.17, 15) is 9.59 Å². The van der Waals surface area contributed by atoms with Crippen molar-refractivity contribution in [2.45, 2.75) is 20.4 Å². The van der Waals surface area contributed by atoms with Gasteiger partial charge in [-0.3, -0.25) is 14.9 Å². The molecule has 0 spiro atoms. The first-order chi connectivity index (χ1) is 17.8. The molecule has 0 aliphatic carbocycles. The Kier molecular flexibility index (Phi) is 6.35. The van der Waals surface area contributed by atoms with Crippen LogP contribution in [0.3, 0.4) is 0 Å². The summed E-state index contributed by atoms with van der Waals surface area (Å²) in [5.41, 5.74) is 5.00. The van der Waals surface area contributed by atoms with E-state index in [0.717, 1.165) is 33.3 Å². The molecule has 5 aromatic rings. The number of hydrogen-bond acceptors (Lipinski definition) is 5. The smallest absolute Gasteiger partial charge is 0.253 e. The van der Waals surface area contributed by atoms with E-state index in [0.29, 0.717) is 17.8 Å². The molecule has 37 heavy (non-hydrogen) atoms. The van der Waals surface area contributed by atoms with E-state index in [-0.39, 0.29) is 23.7 Å². The van der Waals surface area contributed by atoms with Crippen LogP contribution in [0, 0.1) is 5.92 Å². The van der Waals surface area contributed by atoms with Gasteiger partial charge in [0, 0.05) is 42.8 Å². The number of pyridine rings is 1. The molecule has 0 radical (unpaired) electrons. The molecular weight excluding hydrogens is 468 g/mol. The highest BCUT2D eigenvalue weighted by Crippen LogP contribution is 2.28. The molecule has 0 aliphatic rings. The van der Waals surface area contributed by atoms with Gasteiger partial charge in [0.25, 0.3) is 5.91 Å². The molecule has 3 heterocycles. The van der Waals surface area contributed by atoms with E-state index < -0.39 is 0 Å². The zero-order valence-electron chi connectivity index (χ0n) is 21.1. The highest BCUT2D eigenvalue weighted by Gasteiger charge is 2.16. The maximum Gasteiger partial charge on any atom is 0.253 e. The van der Waals surface area contributed by atoms with Gasteiger partial charge in [-0.25, -0.2) is 4.52 Å². The van der Waals surface area contributed by atoms with E-state index in [2.05, 4.69) is 20.7 Å². The van der Waals surface area contributed by atoms with Crippen molar-refractivity contribution in [2.24, 2.45) is 13.0 Å². The molecule has 0 saturated heterocycles. The molecule has 0 bridgehead atoms. The summed E-state index contributed by atoms with van der Waals surface area (Å²) in [6.45, 7) is 4.03. The molecule has 2 N–H and O–H groups in total. The molecular formula is C28H28N6O3. The van der Waals surface area contributed by atoms with Gasteiger partial charge in [-0.15, -0.1) is 5.10 Å². The first-order valence-electron chi connectivity index (χ1n) is 12.0. The first kappa shape index (κ1) is 24.1. The van der Waals surface area contributed by atoms with Crippen LogP contribution in [-0.2, 0) is 18.4 Å². The highest BCUT2D eigenvalue weighted by molar-refractivity contribution is 6.08. The zero-order valence-corrected chi connectivity index (χ0v) is 21.1. The number of ether oxygens (including phenoxy) is 1. The number of carbonyl (C=O) groups is 2. The Morgan fingerprint density at radius 2 is 1.86 bits per heavy atom. The molecule has 0 atom stereocenters. The van der Waals surface area contributed by atoms with E-state index >= 15 is 0 Å². The third-order valence-electron chi connectivity index (χ3n) is 6.25. The van der Waals surface area contributed by atoms with Crippen LogP contribution in [0.15, 0.2) is 67.0 Å². The van der Waals surface area contributed by atoms with Gasteiger partial charge < -0.3 is 14.6 Å². The number of nitrogens with one attached hydrogen (secondary N) is 2. The van der Waals surface area contributed by atoms with Crippen LogP contribution in [0.4, 0.5) is 5.95 Å². The molecule has 9 heteroatoms.